The maximum absolute atomic E-state index is 10.3. The van der Waals surface area contributed by atoms with E-state index in [1.807, 2.05) is 36.4 Å². The smallest absolute Gasteiger partial charge is 0.230 e. The first-order valence-corrected chi connectivity index (χ1v) is 6.60. The zero-order valence-electron chi connectivity index (χ0n) is 11.8. The van der Waals surface area contributed by atoms with Gasteiger partial charge in [-0.15, -0.1) is 12.1 Å². The summed E-state index contributed by atoms with van der Waals surface area (Å²) in [6.07, 6.45) is 0.899. The third-order valence-corrected chi connectivity index (χ3v) is 2.68. The van der Waals surface area contributed by atoms with E-state index in [9.17, 15) is 4.79 Å². The van der Waals surface area contributed by atoms with E-state index >= 15 is 0 Å². The van der Waals surface area contributed by atoms with E-state index in [-0.39, 0.29) is 29.3 Å². The largest absolute Gasteiger partial charge is 0.747 e. The minimum Gasteiger partial charge on any atom is -0.747 e. The van der Waals surface area contributed by atoms with E-state index in [1.54, 1.807) is 12.1 Å². The van der Waals surface area contributed by atoms with Crippen molar-refractivity contribution >= 4 is 5.97 Å². The Balaban J connectivity index is 0.000000205. The van der Waals surface area contributed by atoms with Crippen molar-refractivity contribution in [2.75, 3.05) is 13.2 Å². The van der Waals surface area contributed by atoms with Crippen LogP contribution in [-0.2, 0) is 31.3 Å². The van der Waals surface area contributed by atoms with Gasteiger partial charge in [-0.1, -0.05) is 0 Å². The van der Waals surface area contributed by atoms with Crippen LogP contribution in [0.5, 0.6) is 5.75 Å². The van der Waals surface area contributed by atoms with Crippen LogP contribution in [-0.4, -0.2) is 19.2 Å². The maximum atomic E-state index is 10.3. The molecule has 0 aromatic heterocycles. The van der Waals surface area contributed by atoms with Crippen LogP contribution in [0.3, 0.4) is 0 Å². The standard InChI is InChI=1S/C9H11O2.C7H7O2.Fe/c1-2-5-8(4-1)9-10-6-3-7-11-9;1-6(8)9-7-4-2-3-5-7;/h1-2,4-5,9H,3,6-7H2;2-5H,1H3;/q-5;-1;. The summed E-state index contributed by atoms with van der Waals surface area (Å²) in [6, 6.07) is 15.2. The molecule has 5 heteroatoms. The summed E-state index contributed by atoms with van der Waals surface area (Å²) in [7, 11) is 0. The summed E-state index contributed by atoms with van der Waals surface area (Å²) < 4.78 is 15.5. The molecule has 0 saturated carbocycles. The molecule has 1 heterocycles. The Morgan fingerprint density at radius 1 is 1.19 bits per heavy atom. The molecule has 0 unspecified atom stereocenters. The molecule has 0 aliphatic carbocycles. The van der Waals surface area contributed by atoms with Gasteiger partial charge in [-0.2, -0.15) is 12.1 Å². The fourth-order valence-electron chi connectivity index (χ4n) is 1.82. The van der Waals surface area contributed by atoms with Gasteiger partial charge in [-0.05, 0) is 13.3 Å². The van der Waals surface area contributed by atoms with Gasteiger partial charge in [0.25, 0.3) is 0 Å². The fourth-order valence-corrected chi connectivity index (χ4v) is 1.82. The average Bonchev–Trinajstić information content (AvgIpc) is 3.12. The van der Waals surface area contributed by atoms with Crippen molar-refractivity contribution in [3.8, 4) is 5.75 Å². The molecule has 0 atom stereocenters. The van der Waals surface area contributed by atoms with Gasteiger partial charge in [0.1, 0.15) is 0 Å². The molecule has 1 fully saturated rings. The minimum atomic E-state index is -0.277. The zero-order chi connectivity index (χ0) is 14.2. The van der Waals surface area contributed by atoms with Crippen LogP contribution in [0.4, 0.5) is 0 Å². The predicted octanol–water partition coefficient (Wildman–Crippen LogP) is 3.17. The molecule has 0 amide bonds. The van der Waals surface area contributed by atoms with Gasteiger partial charge in [0.2, 0.25) is 5.97 Å². The van der Waals surface area contributed by atoms with Crippen LogP contribution in [0.15, 0.2) is 48.5 Å². The van der Waals surface area contributed by atoms with Crippen molar-refractivity contribution in [3.63, 3.8) is 0 Å². The summed E-state index contributed by atoms with van der Waals surface area (Å²) in [5.74, 6) is 0.337. The molecule has 120 valence electrons. The molecule has 1 saturated heterocycles. The Morgan fingerprint density at radius 2 is 1.76 bits per heavy atom. The second-order valence-corrected chi connectivity index (χ2v) is 4.36. The molecule has 1 aliphatic rings. The second kappa shape index (κ2) is 9.53. The molecular formula is C16H18FeO4-6. The molecule has 3 rings (SSSR count). The number of esters is 1. The van der Waals surface area contributed by atoms with Gasteiger partial charge in [0.05, 0.1) is 0 Å². The summed E-state index contributed by atoms with van der Waals surface area (Å²) in [6.45, 7) is 3.01. The molecule has 0 bridgehead atoms. The summed E-state index contributed by atoms with van der Waals surface area (Å²) in [5, 5.41) is 0. The predicted molar refractivity (Wildman–Crippen MR) is 74.6 cm³/mol. The maximum Gasteiger partial charge on any atom is 0.230 e. The minimum absolute atomic E-state index is 0. The second-order valence-electron chi connectivity index (χ2n) is 4.36. The average molecular weight is 330 g/mol. The quantitative estimate of drug-likeness (QED) is 0.482. The van der Waals surface area contributed by atoms with Crippen LogP contribution < -0.4 is 4.74 Å². The summed E-state index contributed by atoms with van der Waals surface area (Å²) >= 11 is 0. The number of carbonyl (C=O) groups excluding carboxylic acids is 1. The first-order chi connectivity index (χ1) is 9.75. The molecule has 1 aliphatic heterocycles. The molecule has 0 N–H and O–H groups in total. The molecule has 2 aromatic rings. The summed E-state index contributed by atoms with van der Waals surface area (Å²) in [5.41, 5.74) is 1.13. The van der Waals surface area contributed by atoms with Crippen LogP contribution in [0, 0.1) is 0 Å². The zero-order valence-corrected chi connectivity index (χ0v) is 12.9. The van der Waals surface area contributed by atoms with Gasteiger partial charge in [-0.3, -0.25) is 0 Å². The van der Waals surface area contributed by atoms with Crippen molar-refractivity contribution in [2.24, 2.45) is 0 Å². The van der Waals surface area contributed by atoms with Gasteiger partial charge in [0.15, 0.2) is 0 Å². The third kappa shape index (κ3) is 6.27. The number of rotatable bonds is 2. The normalized spacial score (nSPS) is 14.5. The Labute approximate surface area is 135 Å². The van der Waals surface area contributed by atoms with Crippen molar-refractivity contribution < 1.29 is 36.1 Å². The van der Waals surface area contributed by atoms with Gasteiger partial charge in [-0.25, -0.2) is 0 Å². The van der Waals surface area contributed by atoms with Crippen molar-refractivity contribution in [1.82, 2.24) is 0 Å². The number of hydrogen-bond acceptors (Lipinski definition) is 4. The van der Waals surface area contributed by atoms with Gasteiger partial charge in [0, 0.05) is 42.3 Å². The van der Waals surface area contributed by atoms with Crippen molar-refractivity contribution in [1.29, 1.82) is 0 Å². The number of ether oxygens (including phenoxy) is 3. The van der Waals surface area contributed by atoms with Crippen molar-refractivity contribution in [3.05, 3.63) is 54.1 Å². The fraction of sp³-hybridized carbons (Fsp3) is 0.312. The van der Waals surface area contributed by atoms with E-state index < -0.39 is 0 Å². The van der Waals surface area contributed by atoms with Crippen LogP contribution in [0.1, 0.15) is 25.2 Å². The van der Waals surface area contributed by atoms with E-state index in [0.717, 1.165) is 25.2 Å². The topological polar surface area (TPSA) is 44.8 Å². The molecule has 0 radical (unpaired) electrons. The van der Waals surface area contributed by atoms with E-state index in [1.165, 1.54) is 6.92 Å². The first-order valence-electron chi connectivity index (χ1n) is 6.60. The molecule has 2 aromatic carbocycles. The van der Waals surface area contributed by atoms with Gasteiger partial charge >= 0.3 is 0 Å². The van der Waals surface area contributed by atoms with Crippen LogP contribution >= 0.6 is 0 Å². The third-order valence-electron chi connectivity index (χ3n) is 2.68. The van der Waals surface area contributed by atoms with E-state index in [0.29, 0.717) is 5.75 Å². The Bertz CT molecular complexity index is 484. The number of hydrogen-bond donors (Lipinski definition) is 0. The Morgan fingerprint density at radius 3 is 2.29 bits per heavy atom. The number of carbonyl (C=O) groups is 1. The first kappa shape index (κ1) is 17.7. The van der Waals surface area contributed by atoms with E-state index in [4.69, 9.17) is 14.2 Å². The molecular weight excluding hydrogens is 312 g/mol. The Kier molecular flexibility index (Phi) is 8.01. The van der Waals surface area contributed by atoms with Crippen LogP contribution in [0.25, 0.3) is 0 Å². The SMILES string of the molecule is CC(=O)O[c-]1cccc1.[Fe].[cH-]1[cH-][cH-][c-](C2OCCCO2)[cH-]1. The van der Waals surface area contributed by atoms with E-state index in [2.05, 4.69) is 0 Å². The van der Waals surface area contributed by atoms with Crippen molar-refractivity contribution in [2.45, 2.75) is 19.6 Å². The molecule has 4 nitrogen and oxygen atoms in total. The molecule has 21 heavy (non-hydrogen) atoms. The molecule has 0 spiro atoms. The van der Waals surface area contributed by atoms with Gasteiger partial charge < -0.3 is 48.8 Å². The monoisotopic (exact) mass is 330 g/mol. The summed E-state index contributed by atoms with van der Waals surface area (Å²) in [4.78, 5) is 10.3. The Hall–Kier alpha value is -1.39. The van der Waals surface area contributed by atoms with Crippen LogP contribution in [0.2, 0.25) is 0 Å².